The molecule has 178 valence electrons. The Balaban J connectivity index is 1.32. The summed E-state index contributed by atoms with van der Waals surface area (Å²) in [5, 5.41) is 2.71. The van der Waals surface area contributed by atoms with Crippen molar-refractivity contribution in [3.63, 3.8) is 0 Å². The van der Waals surface area contributed by atoms with Gasteiger partial charge in [0.05, 0.1) is 13.2 Å². The van der Waals surface area contributed by atoms with Crippen LogP contribution >= 0.6 is 0 Å². The number of anilines is 3. The molecule has 2 amide bonds. The van der Waals surface area contributed by atoms with Crippen molar-refractivity contribution in [2.75, 3.05) is 67.6 Å². The summed E-state index contributed by atoms with van der Waals surface area (Å²) in [6, 6.07) is 6.71. The second kappa shape index (κ2) is 9.69. The molecule has 3 heterocycles. The quantitative estimate of drug-likeness (QED) is 0.742. The van der Waals surface area contributed by atoms with Crippen molar-refractivity contribution in [1.82, 2.24) is 14.9 Å². The number of nitrogens with one attached hydrogen (secondary N) is 1. The minimum Gasteiger partial charge on any atom is -0.406 e. The van der Waals surface area contributed by atoms with Crippen LogP contribution < -0.4 is 19.9 Å². The van der Waals surface area contributed by atoms with E-state index in [0.717, 1.165) is 36.9 Å². The molecular formula is C21H25F3N6O3. The van der Waals surface area contributed by atoms with Crippen molar-refractivity contribution in [2.45, 2.75) is 13.3 Å². The molecule has 2 fully saturated rings. The number of aromatic nitrogens is 2. The number of aryl methyl sites for hydroxylation is 1. The number of ether oxygens (including phenoxy) is 2. The lowest BCUT2D eigenvalue weighted by atomic mass is 10.3. The molecule has 4 rings (SSSR count). The van der Waals surface area contributed by atoms with Gasteiger partial charge in [0.1, 0.15) is 23.2 Å². The van der Waals surface area contributed by atoms with E-state index in [2.05, 4.69) is 29.8 Å². The van der Waals surface area contributed by atoms with Gasteiger partial charge in [0, 0.05) is 51.0 Å². The molecule has 0 atom stereocenters. The summed E-state index contributed by atoms with van der Waals surface area (Å²) in [6.45, 7) is 6.95. The second-order valence-electron chi connectivity index (χ2n) is 7.71. The van der Waals surface area contributed by atoms with Gasteiger partial charge in [-0.25, -0.2) is 14.8 Å². The fraction of sp³-hybridized carbons (Fsp3) is 0.476. The summed E-state index contributed by atoms with van der Waals surface area (Å²) in [4.78, 5) is 27.7. The minimum atomic E-state index is -4.75. The summed E-state index contributed by atoms with van der Waals surface area (Å²) in [5.41, 5.74) is 0.388. The fourth-order valence-corrected chi connectivity index (χ4v) is 3.73. The van der Waals surface area contributed by atoms with Crippen LogP contribution in [0, 0.1) is 6.92 Å². The van der Waals surface area contributed by atoms with Crippen LogP contribution in [-0.2, 0) is 4.74 Å². The Bertz CT molecular complexity index is 959. The zero-order chi connectivity index (χ0) is 23.4. The molecule has 1 N–H and O–H groups in total. The lowest BCUT2D eigenvalue weighted by Crippen LogP contribution is -2.50. The number of alkyl halides is 3. The van der Waals surface area contributed by atoms with E-state index in [1.807, 2.05) is 13.0 Å². The normalized spacial score (nSPS) is 17.2. The van der Waals surface area contributed by atoms with Crippen molar-refractivity contribution in [2.24, 2.45) is 0 Å². The molecule has 9 nitrogen and oxygen atoms in total. The molecule has 2 aliphatic heterocycles. The van der Waals surface area contributed by atoms with Gasteiger partial charge in [-0.2, -0.15) is 0 Å². The Morgan fingerprint density at radius 1 is 0.970 bits per heavy atom. The molecule has 0 radical (unpaired) electrons. The molecule has 0 saturated carbocycles. The molecule has 1 aromatic heterocycles. The van der Waals surface area contributed by atoms with Crippen LogP contribution in [0.1, 0.15) is 5.82 Å². The monoisotopic (exact) mass is 466 g/mol. The summed E-state index contributed by atoms with van der Waals surface area (Å²) in [5.74, 6) is 2.04. The standard InChI is InChI=1S/C21H25F3N6O3/c1-15-25-18(14-19(26-15)29-10-12-32-13-11-29)28-6-8-30(9-7-28)20(31)27-16-2-4-17(5-3-16)33-21(22,23)24/h2-5,14H,6-13H2,1H3,(H,27,31). The molecule has 33 heavy (non-hydrogen) atoms. The third kappa shape index (κ3) is 6.15. The number of rotatable bonds is 4. The van der Waals surface area contributed by atoms with Crippen molar-refractivity contribution in [3.05, 3.63) is 36.2 Å². The predicted molar refractivity (Wildman–Crippen MR) is 116 cm³/mol. The molecule has 2 aromatic rings. The number of hydrogen-bond acceptors (Lipinski definition) is 7. The number of piperazine rings is 1. The van der Waals surface area contributed by atoms with Crippen LogP contribution in [0.5, 0.6) is 5.75 Å². The Morgan fingerprint density at radius 3 is 2.12 bits per heavy atom. The first kappa shape index (κ1) is 22.9. The predicted octanol–water partition coefficient (Wildman–Crippen LogP) is 2.87. The number of hydrogen-bond donors (Lipinski definition) is 1. The Hall–Kier alpha value is -3.28. The van der Waals surface area contributed by atoms with Crippen LogP contribution in [0.15, 0.2) is 30.3 Å². The van der Waals surface area contributed by atoms with Crippen LogP contribution in [0.2, 0.25) is 0 Å². The van der Waals surface area contributed by atoms with Crippen LogP contribution in [0.4, 0.5) is 35.3 Å². The van der Waals surface area contributed by atoms with Gasteiger partial charge in [-0.1, -0.05) is 0 Å². The summed E-state index contributed by atoms with van der Waals surface area (Å²) in [7, 11) is 0. The number of carbonyl (C=O) groups is 1. The van der Waals surface area contributed by atoms with Gasteiger partial charge in [0.2, 0.25) is 0 Å². The number of morpholine rings is 1. The summed E-state index contributed by atoms with van der Waals surface area (Å²) < 4.78 is 46.1. The van der Waals surface area contributed by atoms with E-state index in [4.69, 9.17) is 4.74 Å². The maximum Gasteiger partial charge on any atom is 0.573 e. The van der Waals surface area contributed by atoms with Gasteiger partial charge in [0.15, 0.2) is 0 Å². The smallest absolute Gasteiger partial charge is 0.406 e. The van der Waals surface area contributed by atoms with E-state index in [1.165, 1.54) is 12.1 Å². The molecular weight excluding hydrogens is 441 g/mol. The minimum absolute atomic E-state index is 0.313. The highest BCUT2D eigenvalue weighted by atomic mass is 19.4. The van der Waals surface area contributed by atoms with Crippen LogP contribution in [0.3, 0.4) is 0 Å². The number of amides is 2. The molecule has 2 saturated heterocycles. The van der Waals surface area contributed by atoms with E-state index in [0.29, 0.717) is 50.9 Å². The highest BCUT2D eigenvalue weighted by Crippen LogP contribution is 2.25. The van der Waals surface area contributed by atoms with E-state index in [9.17, 15) is 18.0 Å². The largest absolute Gasteiger partial charge is 0.573 e. The lowest BCUT2D eigenvalue weighted by molar-refractivity contribution is -0.274. The van der Waals surface area contributed by atoms with Crippen molar-refractivity contribution >= 4 is 23.4 Å². The Kier molecular flexibility index (Phi) is 6.72. The Morgan fingerprint density at radius 2 is 1.55 bits per heavy atom. The van der Waals surface area contributed by atoms with E-state index >= 15 is 0 Å². The first-order valence-electron chi connectivity index (χ1n) is 10.6. The van der Waals surface area contributed by atoms with Crippen LogP contribution in [0.25, 0.3) is 0 Å². The highest BCUT2D eigenvalue weighted by molar-refractivity contribution is 5.89. The SMILES string of the molecule is Cc1nc(N2CCOCC2)cc(N2CCN(C(=O)Nc3ccc(OC(F)(F)F)cc3)CC2)n1. The summed E-state index contributed by atoms with van der Waals surface area (Å²) in [6.07, 6.45) is -4.75. The molecule has 12 heteroatoms. The van der Waals surface area contributed by atoms with Gasteiger partial charge in [0.25, 0.3) is 0 Å². The van der Waals surface area contributed by atoms with Crippen molar-refractivity contribution in [1.29, 1.82) is 0 Å². The van der Waals surface area contributed by atoms with E-state index in [1.54, 1.807) is 4.90 Å². The zero-order valence-electron chi connectivity index (χ0n) is 18.1. The topological polar surface area (TPSA) is 83.1 Å². The number of carbonyl (C=O) groups excluding carboxylic acids is 1. The van der Waals surface area contributed by atoms with Crippen LogP contribution in [-0.4, -0.2) is 79.7 Å². The van der Waals surface area contributed by atoms with Gasteiger partial charge in [-0.05, 0) is 31.2 Å². The second-order valence-corrected chi connectivity index (χ2v) is 7.71. The number of urea groups is 1. The van der Waals surface area contributed by atoms with E-state index < -0.39 is 6.36 Å². The lowest BCUT2D eigenvalue weighted by Gasteiger charge is -2.36. The number of benzene rings is 1. The molecule has 0 aliphatic carbocycles. The number of nitrogens with zero attached hydrogens (tertiary/aromatic N) is 5. The first-order valence-corrected chi connectivity index (χ1v) is 10.6. The maximum absolute atomic E-state index is 12.6. The zero-order valence-corrected chi connectivity index (χ0v) is 18.1. The fourth-order valence-electron chi connectivity index (χ4n) is 3.73. The molecule has 0 bridgehead atoms. The third-order valence-electron chi connectivity index (χ3n) is 5.38. The molecule has 0 spiro atoms. The highest BCUT2D eigenvalue weighted by Gasteiger charge is 2.31. The molecule has 1 aromatic carbocycles. The molecule has 0 unspecified atom stereocenters. The Labute approximate surface area is 189 Å². The van der Waals surface area contributed by atoms with Gasteiger partial charge in [-0.3, -0.25) is 0 Å². The summed E-state index contributed by atoms with van der Waals surface area (Å²) >= 11 is 0. The average molecular weight is 466 g/mol. The number of halogens is 3. The van der Waals surface area contributed by atoms with Crippen molar-refractivity contribution < 1.29 is 27.4 Å². The average Bonchev–Trinajstić information content (AvgIpc) is 2.80. The van der Waals surface area contributed by atoms with Gasteiger partial charge >= 0.3 is 12.4 Å². The van der Waals surface area contributed by atoms with Crippen molar-refractivity contribution in [3.8, 4) is 5.75 Å². The van der Waals surface area contributed by atoms with Gasteiger partial charge < -0.3 is 29.5 Å². The first-order chi connectivity index (χ1) is 15.8. The van der Waals surface area contributed by atoms with Gasteiger partial charge in [-0.15, -0.1) is 13.2 Å². The maximum atomic E-state index is 12.6. The third-order valence-corrected chi connectivity index (χ3v) is 5.38. The molecule has 2 aliphatic rings. The van der Waals surface area contributed by atoms with E-state index in [-0.39, 0.29) is 11.8 Å².